The van der Waals surface area contributed by atoms with E-state index in [9.17, 15) is 0 Å². The predicted octanol–water partition coefficient (Wildman–Crippen LogP) is 3.70. The molecule has 0 N–H and O–H groups in total. The van der Waals surface area contributed by atoms with Crippen LogP contribution in [0.25, 0.3) is 0 Å². The molecule has 0 heteroatoms. The Kier molecular flexibility index (Phi) is 8.04. The maximum absolute atomic E-state index is 2.25. The largest absolute Gasteiger partial charge is 0.0885 e. The van der Waals surface area contributed by atoms with Crippen LogP contribution in [0.2, 0.25) is 0 Å². The van der Waals surface area contributed by atoms with Gasteiger partial charge in [-0.25, -0.2) is 0 Å². The van der Waals surface area contributed by atoms with Crippen molar-refractivity contribution in [3.8, 4) is 0 Å². The normalized spacial score (nSPS) is 11.8. The highest BCUT2D eigenvalue weighted by atomic mass is 13.8. The van der Waals surface area contributed by atoms with Crippen LogP contribution in [-0.2, 0) is 0 Å². The topological polar surface area (TPSA) is 0 Å². The van der Waals surface area contributed by atoms with Gasteiger partial charge in [-0.1, -0.05) is 44.6 Å². The SMILES string of the molecule is CC/C=C\CC=CCCC. The first-order valence-corrected chi connectivity index (χ1v) is 4.21. The van der Waals surface area contributed by atoms with E-state index < -0.39 is 0 Å². The van der Waals surface area contributed by atoms with Gasteiger partial charge in [-0.15, -0.1) is 0 Å². The Morgan fingerprint density at radius 2 is 1.60 bits per heavy atom. The molecule has 0 saturated heterocycles. The Hall–Kier alpha value is -0.520. The molecule has 0 amide bonds. The first kappa shape index (κ1) is 9.48. The Balaban J connectivity index is 3.09. The second-order valence-electron chi connectivity index (χ2n) is 2.38. The summed E-state index contributed by atoms with van der Waals surface area (Å²) in [6.07, 6.45) is 13.6. The van der Waals surface area contributed by atoms with Crippen molar-refractivity contribution in [1.82, 2.24) is 0 Å². The Bertz CT molecular complexity index is 98.6. The highest BCUT2D eigenvalue weighted by Crippen LogP contribution is 1.92. The van der Waals surface area contributed by atoms with Crippen molar-refractivity contribution in [2.45, 2.75) is 39.5 Å². The number of hydrogen-bond acceptors (Lipinski definition) is 0. The summed E-state index contributed by atoms with van der Waals surface area (Å²) >= 11 is 0. The van der Waals surface area contributed by atoms with Crippen LogP contribution in [0.3, 0.4) is 0 Å². The maximum atomic E-state index is 2.25. The van der Waals surface area contributed by atoms with E-state index in [1.54, 1.807) is 0 Å². The van der Waals surface area contributed by atoms with Crippen LogP contribution in [0.4, 0.5) is 0 Å². The van der Waals surface area contributed by atoms with Gasteiger partial charge in [0.25, 0.3) is 0 Å². The molecular formula is C10H18. The van der Waals surface area contributed by atoms with Crippen molar-refractivity contribution in [3.05, 3.63) is 24.3 Å². The van der Waals surface area contributed by atoms with Crippen LogP contribution in [0.15, 0.2) is 24.3 Å². The monoisotopic (exact) mass is 138 g/mol. The van der Waals surface area contributed by atoms with Crippen molar-refractivity contribution in [1.29, 1.82) is 0 Å². The minimum atomic E-state index is 1.10. The summed E-state index contributed by atoms with van der Waals surface area (Å²) in [5.41, 5.74) is 0. The molecule has 0 aliphatic carbocycles. The van der Waals surface area contributed by atoms with E-state index in [0.717, 1.165) is 12.8 Å². The second kappa shape index (κ2) is 8.48. The molecule has 0 aromatic heterocycles. The molecule has 0 aliphatic rings. The fourth-order valence-electron chi connectivity index (χ4n) is 0.722. The number of hydrogen-bond donors (Lipinski definition) is 0. The van der Waals surface area contributed by atoms with E-state index in [-0.39, 0.29) is 0 Å². The van der Waals surface area contributed by atoms with E-state index >= 15 is 0 Å². The average Bonchev–Trinajstić information content (AvgIpc) is 1.97. The number of rotatable bonds is 5. The Labute approximate surface area is 64.6 Å². The maximum Gasteiger partial charge on any atom is -0.0169 e. The van der Waals surface area contributed by atoms with Gasteiger partial charge in [-0.05, 0) is 19.3 Å². The van der Waals surface area contributed by atoms with E-state index in [1.165, 1.54) is 12.8 Å². The third-order valence-electron chi connectivity index (χ3n) is 1.30. The van der Waals surface area contributed by atoms with Crippen molar-refractivity contribution >= 4 is 0 Å². The second-order valence-corrected chi connectivity index (χ2v) is 2.38. The van der Waals surface area contributed by atoms with Crippen LogP contribution < -0.4 is 0 Å². The van der Waals surface area contributed by atoms with E-state index in [4.69, 9.17) is 0 Å². The smallest absolute Gasteiger partial charge is 0.0169 e. The summed E-state index contributed by atoms with van der Waals surface area (Å²) in [7, 11) is 0. The third-order valence-corrected chi connectivity index (χ3v) is 1.30. The van der Waals surface area contributed by atoms with Gasteiger partial charge in [-0.3, -0.25) is 0 Å². The molecule has 0 rings (SSSR count). The molecule has 0 unspecified atom stereocenters. The summed E-state index contributed by atoms with van der Waals surface area (Å²) in [5.74, 6) is 0. The molecule has 0 fully saturated rings. The molecule has 10 heavy (non-hydrogen) atoms. The van der Waals surface area contributed by atoms with Crippen molar-refractivity contribution < 1.29 is 0 Å². The summed E-state index contributed by atoms with van der Waals surface area (Å²) in [6.45, 7) is 4.36. The van der Waals surface area contributed by atoms with Crippen molar-refractivity contribution in [2.75, 3.05) is 0 Å². The summed E-state index contributed by atoms with van der Waals surface area (Å²) in [4.78, 5) is 0. The molecule has 0 saturated carbocycles. The van der Waals surface area contributed by atoms with E-state index in [1.807, 2.05) is 0 Å². The standard InChI is InChI=1S/C10H18/c1-3-5-7-9-10-8-6-4-2/h5,7-8,10H,3-4,6,9H2,1-2H3/b7-5-,10-8?. The lowest BCUT2D eigenvalue weighted by Crippen LogP contribution is -1.62. The molecule has 0 radical (unpaired) electrons. The Morgan fingerprint density at radius 1 is 0.900 bits per heavy atom. The minimum absolute atomic E-state index is 1.10. The highest BCUT2D eigenvalue weighted by molar-refractivity contribution is 4.91. The Morgan fingerprint density at radius 3 is 2.20 bits per heavy atom. The first-order valence-electron chi connectivity index (χ1n) is 4.21. The number of allylic oxidation sites excluding steroid dienone is 4. The lowest BCUT2D eigenvalue weighted by Gasteiger charge is -1.83. The summed E-state index contributed by atoms with van der Waals surface area (Å²) in [6, 6.07) is 0. The molecule has 0 spiro atoms. The molecular weight excluding hydrogens is 120 g/mol. The van der Waals surface area contributed by atoms with Crippen LogP contribution in [0, 0.1) is 0 Å². The quantitative estimate of drug-likeness (QED) is 0.508. The predicted molar refractivity (Wildman–Crippen MR) is 48.1 cm³/mol. The third kappa shape index (κ3) is 7.48. The lowest BCUT2D eigenvalue weighted by molar-refractivity contribution is 0.954. The van der Waals surface area contributed by atoms with Gasteiger partial charge < -0.3 is 0 Å². The van der Waals surface area contributed by atoms with Gasteiger partial charge >= 0.3 is 0 Å². The van der Waals surface area contributed by atoms with Crippen molar-refractivity contribution in [2.24, 2.45) is 0 Å². The van der Waals surface area contributed by atoms with Crippen LogP contribution in [-0.4, -0.2) is 0 Å². The fraction of sp³-hybridized carbons (Fsp3) is 0.600. The fourth-order valence-corrected chi connectivity index (χ4v) is 0.722. The lowest BCUT2D eigenvalue weighted by atomic mass is 10.2. The van der Waals surface area contributed by atoms with Gasteiger partial charge in [-0.2, -0.15) is 0 Å². The van der Waals surface area contributed by atoms with Crippen molar-refractivity contribution in [3.63, 3.8) is 0 Å². The van der Waals surface area contributed by atoms with Gasteiger partial charge in [0.05, 0.1) is 0 Å². The van der Waals surface area contributed by atoms with Crippen LogP contribution >= 0.6 is 0 Å². The van der Waals surface area contributed by atoms with Crippen LogP contribution in [0.1, 0.15) is 39.5 Å². The zero-order valence-corrected chi connectivity index (χ0v) is 7.14. The van der Waals surface area contributed by atoms with Gasteiger partial charge in [0.15, 0.2) is 0 Å². The summed E-state index contributed by atoms with van der Waals surface area (Å²) in [5, 5.41) is 0. The van der Waals surface area contributed by atoms with E-state index in [0.29, 0.717) is 0 Å². The van der Waals surface area contributed by atoms with Gasteiger partial charge in [0.2, 0.25) is 0 Å². The van der Waals surface area contributed by atoms with Gasteiger partial charge in [0.1, 0.15) is 0 Å². The minimum Gasteiger partial charge on any atom is -0.0885 e. The molecule has 0 aromatic rings. The molecule has 0 nitrogen and oxygen atoms in total. The molecule has 58 valence electrons. The van der Waals surface area contributed by atoms with Gasteiger partial charge in [0, 0.05) is 0 Å². The zero-order valence-electron chi connectivity index (χ0n) is 7.14. The molecule has 0 atom stereocenters. The zero-order chi connectivity index (χ0) is 7.66. The highest BCUT2D eigenvalue weighted by Gasteiger charge is 1.71. The van der Waals surface area contributed by atoms with Crippen LogP contribution in [0.5, 0.6) is 0 Å². The first-order chi connectivity index (χ1) is 4.91. The summed E-state index contributed by atoms with van der Waals surface area (Å²) < 4.78 is 0. The van der Waals surface area contributed by atoms with E-state index in [2.05, 4.69) is 38.2 Å². The molecule has 0 heterocycles. The average molecular weight is 138 g/mol. The number of unbranched alkanes of at least 4 members (excludes halogenated alkanes) is 1. The molecule has 0 aliphatic heterocycles. The molecule has 0 aromatic carbocycles. The molecule has 0 bridgehead atoms.